The third-order valence-electron chi connectivity index (χ3n) is 5.79. The van der Waals surface area contributed by atoms with Gasteiger partial charge in [-0.1, -0.05) is 0 Å². The Labute approximate surface area is 139 Å². The predicted molar refractivity (Wildman–Crippen MR) is 83.5 cm³/mol. The number of hydrogen-bond acceptors (Lipinski definition) is 5. The Morgan fingerprint density at radius 1 is 1.25 bits per heavy atom. The lowest BCUT2D eigenvalue weighted by atomic mass is 9.73. The summed E-state index contributed by atoms with van der Waals surface area (Å²) in [5.41, 5.74) is 3.00. The van der Waals surface area contributed by atoms with Gasteiger partial charge in [0.25, 0.3) is 0 Å². The Morgan fingerprint density at radius 3 is 2.83 bits per heavy atom. The van der Waals surface area contributed by atoms with Gasteiger partial charge in [0.1, 0.15) is 18.2 Å². The third kappa shape index (κ3) is 1.81. The number of rotatable bonds is 1. The van der Waals surface area contributed by atoms with E-state index in [0.717, 1.165) is 18.5 Å². The molecule has 0 spiro atoms. The van der Waals surface area contributed by atoms with Crippen LogP contribution in [-0.2, 0) is 9.47 Å². The van der Waals surface area contributed by atoms with Crippen LogP contribution >= 0.6 is 0 Å². The Bertz CT molecular complexity index is 758. The molecule has 4 aliphatic rings. The van der Waals surface area contributed by atoms with E-state index in [1.807, 2.05) is 6.07 Å². The quantitative estimate of drug-likeness (QED) is 0.592. The number of likely N-dealkylation sites (N-methyl/N-ethyl adjacent to an activating group) is 1. The number of ether oxygens (including phenoxy) is 4. The molecule has 1 aliphatic carbocycles. The second kappa shape index (κ2) is 4.97. The molecule has 24 heavy (non-hydrogen) atoms. The Kier molecular flexibility index (Phi) is 2.96. The molecule has 0 saturated carbocycles. The van der Waals surface area contributed by atoms with E-state index in [1.165, 1.54) is 10.5 Å². The van der Waals surface area contributed by atoms with Crippen molar-refractivity contribution in [2.45, 2.75) is 30.6 Å². The molecular weight excluding hydrogens is 310 g/mol. The van der Waals surface area contributed by atoms with Crippen LogP contribution in [0.1, 0.15) is 28.3 Å². The van der Waals surface area contributed by atoms with Gasteiger partial charge in [-0.3, -0.25) is 0 Å². The third-order valence-corrected chi connectivity index (χ3v) is 5.79. The van der Waals surface area contributed by atoms with Crippen LogP contribution in [-0.4, -0.2) is 51.7 Å². The monoisotopic (exact) mass is 330 g/mol. The zero-order valence-electron chi connectivity index (χ0n) is 13.7. The van der Waals surface area contributed by atoms with E-state index in [-0.39, 0.29) is 30.9 Å². The van der Waals surface area contributed by atoms with Crippen molar-refractivity contribution >= 4 is 5.97 Å². The number of esters is 1. The predicted octanol–water partition coefficient (Wildman–Crippen LogP) is 0.280. The van der Waals surface area contributed by atoms with Gasteiger partial charge < -0.3 is 23.8 Å². The van der Waals surface area contributed by atoms with Crippen LogP contribution in [0.4, 0.5) is 0 Å². The first kappa shape index (κ1) is 14.3. The zero-order chi connectivity index (χ0) is 16.4. The Morgan fingerprint density at radius 2 is 2.04 bits per heavy atom. The smallest absolute Gasteiger partial charge is 0.338 e. The molecule has 5 rings (SSSR count). The van der Waals surface area contributed by atoms with Crippen molar-refractivity contribution in [2.75, 3.05) is 27.5 Å². The first-order valence-electron chi connectivity index (χ1n) is 8.37. The Balaban J connectivity index is 1.70. The highest BCUT2D eigenvalue weighted by molar-refractivity contribution is 5.94. The topological polar surface area (TPSA) is 58.4 Å². The summed E-state index contributed by atoms with van der Waals surface area (Å²) in [5.74, 6) is 1.10. The largest absolute Gasteiger partial charge is 0.455 e. The summed E-state index contributed by atoms with van der Waals surface area (Å²) in [7, 11) is 3.88. The molecule has 1 fully saturated rings. The number of quaternary nitrogens is 1. The maximum atomic E-state index is 12.6. The van der Waals surface area contributed by atoms with Crippen molar-refractivity contribution in [1.82, 2.24) is 0 Å². The minimum atomic E-state index is -0.306. The van der Waals surface area contributed by atoms with Crippen molar-refractivity contribution in [2.24, 2.45) is 0 Å². The van der Waals surface area contributed by atoms with Crippen LogP contribution in [0, 0.1) is 0 Å². The van der Waals surface area contributed by atoms with Crippen molar-refractivity contribution < 1.29 is 28.6 Å². The maximum Gasteiger partial charge on any atom is 0.338 e. The molecule has 0 aromatic heterocycles. The van der Waals surface area contributed by atoms with E-state index in [9.17, 15) is 4.79 Å². The number of hydrogen-bond donors (Lipinski definition) is 1. The second-order valence-corrected chi connectivity index (χ2v) is 6.95. The molecule has 3 heterocycles. The molecule has 6 heteroatoms. The van der Waals surface area contributed by atoms with Crippen LogP contribution in [0.25, 0.3) is 0 Å². The fourth-order valence-corrected chi connectivity index (χ4v) is 4.69. The van der Waals surface area contributed by atoms with E-state index in [0.29, 0.717) is 23.1 Å². The van der Waals surface area contributed by atoms with E-state index >= 15 is 0 Å². The average Bonchev–Trinajstić information content (AvgIpc) is 3.19. The molecule has 1 saturated heterocycles. The van der Waals surface area contributed by atoms with Gasteiger partial charge in [0.2, 0.25) is 6.79 Å². The SMILES string of the molecule is CO[C@@H]1C=C2CC[NH+](C)[C@@H]2[C@@H]2c3cc4c(cc3C(=O)O[C@@H]21)OCO4. The van der Waals surface area contributed by atoms with Crippen molar-refractivity contribution in [3.8, 4) is 11.5 Å². The number of fused-ring (bicyclic) bond motifs is 6. The molecule has 5 atom stereocenters. The van der Waals surface area contributed by atoms with E-state index in [1.54, 1.807) is 13.2 Å². The normalized spacial score (nSPS) is 35.7. The summed E-state index contributed by atoms with van der Waals surface area (Å²) in [4.78, 5) is 14.0. The van der Waals surface area contributed by atoms with Gasteiger partial charge in [0.05, 0.1) is 25.1 Å². The van der Waals surface area contributed by atoms with Gasteiger partial charge in [0.15, 0.2) is 11.5 Å². The lowest BCUT2D eigenvalue weighted by molar-refractivity contribution is -0.891. The minimum absolute atomic E-state index is 0.0830. The van der Waals surface area contributed by atoms with Gasteiger partial charge in [0, 0.05) is 13.5 Å². The van der Waals surface area contributed by atoms with Crippen molar-refractivity contribution in [3.05, 3.63) is 34.9 Å². The number of carbonyl (C=O) groups excluding carboxylic acids is 1. The average molecular weight is 330 g/mol. The molecule has 3 aliphatic heterocycles. The number of benzene rings is 1. The summed E-state index contributed by atoms with van der Waals surface area (Å²) in [5, 5.41) is 0. The fraction of sp³-hybridized carbons (Fsp3) is 0.500. The summed E-state index contributed by atoms with van der Waals surface area (Å²) in [6.45, 7) is 1.28. The molecule has 0 bridgehead atoms. The van der Waals surface area contributed by atoms with Gasteiger partial charge in [-0.05, 0) is 29.3 Å². The number of methoxy groups -OCH3 is 1. The van der Waals surface area contributed by atoms with Crippen LogP contribution in [0.3, 0.4) is 0 Å². The summed E-state index contributed by atoms with van der Waals surface area (Å²) in [6.07, 6.45) is 2.73. The van der Waals surface area contributed by atoms with E-state index < -0.39 is 0 Å². The van der Waals surface area contributed by atoms with Gasteiger partial charge in [-0.15, -0.1) is 0 Å². The molecule has 6 nitrogen and oxygen atoms in total. The lowest BCUT2D eigenvalue weighted by Gasteiger charge is -2.42. The van der Waals surface area contributed by atoms with Crippen LogP contribution in [0.15, 0.2) is 23.8 Å². The molecule has 1 aromatic carbocycles. The van der Waals surface area contributed by atoms with Crippen LogP contribution in [0.5, 0.6) is 11.5 Å². The summed E-state index contributed by atoms with van der Waals surface area (Å²) < 4.78 is 22.4. The van der Waals surface area contributed by atoms with Crippen molar-refractivity contribution in [1.29, 1.82) is 0 Å². The summed E-state index contributed by atoms with van der Waals surface area (Å²) in [6, 6.07) is 4.05. The molecule has 126 valence electrons. The zero-order valence-corrected chi connectivity index (χ0v) is 13.7. The lowest BCUT2D eigenvalue weighted by Crippen LogP contribution is -3.11. The highest BCUT2D eigenvalue weighted by Gasteiger charge is 2.53. The first-order chi connectivity index (χ1) is 11.7. The molecule has 1 N–H and O–H groups in total. The van der Waals surface area contributed by atoms with Gasteiger partial charge in [-0.2, -0.15) is 0 Å². The number of nitrogens with one attached hydrogen (secondary N) is 1. The first-order valence-corrected chi connectivity index (χ1v) is 8.37. The standard InChI is InChI=1S/C18H19NO5/c1-19-4-3-9-5-14(21-2)17-15(16(9)19)10-6-12-13(23-8-22-12)7-11(10)18(20)24-17/h5-7,14-17H,3-4,8H2,1-2H3/p+1/t14-,15+,16+,17-/m1/s1. The Hall–Kier alpha value is -2.05. The molecular formula is C18H20NO5+. The highest BCUT2D eigenvalue weighted by Crippen LogP contribution is 2.46. The second-order valence-electron chi connectivity index (χ2n) is 6.95. The maximum absolute atomic E-state index is 12.6. The molecule has 0 amide bonds. The van der Waals surface area contributed by atoms with Crippen LogP contribution in [0.2, 0.25) is 0 Å². The molecule has 1 aromatic rings. The molecule has 1 unspecified atom stereocenters. The van der Waals surface area contributed by atoms with Crippen LogP contribution < -0.4 is 14.4 Å². The number of likely N-dealkylation sites (tertiary alicyclic amines) is 1. The minimum Gasteiger partial charge on any atom is -0.455 e. The van der Waals surface area contributed by atoms with Crippen molar-refractivity contribution in [3.63, 3.8) is 0 Å². The van der Waals surface area contributed by atoms with Gasteiger partial charge in [-0.25, -0.2) is 4.79 Å². The molecule has 0 radical (unpaired) electrons. The summed E-state index contributed by atoms with van der Waals surface area (Å²) >= 11 is 0. The van der Waals surface area contributed by atoms with E-state index in [2.05, 4.69) is 13.1 Å². The van der Waals surface area contributed by atoms with E-state index in [4.69, 9.17) is 18.9 Å². The van der Waals surface area contributed by atoms with Gasteiger partial charge >= 0.3 is 5.97 Å². The number of carbonyl (C=O) groups is 1. The highest BCUT2D eigenvalue weighted by atomic mass is 16.7. The fourth-order valence-electron chi connectivity index (χ4n) is 4.69.